The molecule has 0 aromatic heterocycles. The van der Waals surface area contributed by atoms with Crippen molar-refractivity contribution in [2.24, 2.45) is 11.1 Å². The maximum absolute atomic E-state index is 11.8. The molecule has 4 N–H and O–H groups in total. The molecule has 0 spiro atoms. The lowest BCUT2D eigenvalue weighted by atomic mass is 9.60. The van der Waals surface area contributed by atoms with E-state index in [1.807, 2.05) is 6.92 Å². The van der Waals surface area contributed by atoms with Crippen LogP contribution in [0.1, 0.15) is 40.5 Å². The van der Waals surface area contributed by atoms with Gasteiger partial charge in [0.05, 0.1) is 6.54 Å². The third-order valence-electron chi connectivity index (χ3n) is 3.12. The second-order valence-electron chi connectivity index (χ2n) is 6.06. The largest absolute Gasteiger partial charge is 0.349 e. The van der Waals surface area contributed by atoms with Gasteiger partial charge in [-0.05, 0) is 32.1 Å². The van der Waals surface area contributed by atoms with Crippen molar-refractivity contribution in [2.75, 3.05) is 6.54 Å². The summed E-state index contributed by atoms with van der Waals surface area (Å²) in [7, 11) is 0. The molecule has 2 amide bonds. The molecule has 5 nitrogen and oxygen atoms in total. The highest BCUT2D eigenvalue weighted by molar-refractivity contribution is 5.88. The smallest absolute Gasteiger partial charge is 0.242 e. The summed E-state index contributed by atoms with van der Waals surface area (Å²) < 4.78 is 0. The first kappa shape index (κ1) is 14.0. The van der Waals surface area contributed by atoms with Crippen molar-refractivity contribution >= 4 is 11.8 Å². The minimum atomic E-state index is -0.536. The summed E-state index contributed by atoms with van der Waals surface area (Å²) in [5.74, 6) is -0.462. The van der Waals surface area contributed by atoms with Crippen LogP contribution in [0.25, 0.3) is 0 Å². The molecule has 1 atom stereocenters. The second-order valence-corrected chi connectivity index (χ2v) is 6.06. The van der Waals surface area contributed by atoms with Crippen LogP contribution >= 0.6 is 0 Å². The zero-order chi connectivity index (χ0) is 13.3. The average Bonchev–Trinajstić information content (AvgIpc) is 2.13. The quantitative estimate of drug-likeness (QED) is 0.655. The van der Waals surface area contributed by atoms with E-state index in [-0.39, 0.29) is 23.9 Å². The minimum Gasteiger partial charge on any atom is -0.349 e. The Bertz CT molecular complexity index is 318. The molecule has 1 saturated carbocycles. The number of nitrogens with two attached hydrogens (primary N) is 1. The summed E-state index contributed by atoms with van der Waals surface area (Å²) in [6.45, 7) is 7.96. The fourth-order valence-electron chi connectivity index (χ4n) is 2.92. The minimum absolute atomic E-state index is 0.0953. The highest BCUT2D eigenvalue weighted by atomic mass is 16.2. The van der Waals surface area contributed by atoms with E-state index in [1.165, 1.54) is 0 Å². The number of rotatable bonds is 4. The Labute approximate surface area is 103 Å². The normalized spacial score (nSPS) is 22.2. The molecular weight excluding hydrogens is 218 g/mol. The molecule has 17 heavy (non-hydrogen) atoms. The highest BCUT2D eigenvalue weighted by Crippen LogP contribution is 2.47. The van der Waals surface area contributed by atoms with Gasteiger partial charge in [-0.3, -0.25) is 9.59 Å². The van der Waals surface area contributed by atoms with Crippen molar-refractivity contribution < 1.29 is 9.59 Å². The van der Waals surface area contributed by atoms with Gasteiger partial charge in [0.25, 0.3) is 0 Å². The lowest BCUT2D eigenvalue weighted by Crippen LogP contribution is -2.61. The molecule has 1 aliphatic carbocycles. The zero-order valence-corrected chi connectivity index (χ0v) is 11.1. The van der Waals surface area contributed by atoms with E-state index in [4.69, 9.17) is 5.73 Å². The van der Waals surface area contributed by atoms with Crippen LogP contribution < -0.4 is 16.4 Å². The van der Waals surface area contributed by atoms with Gasteiger partial charge >= 0.3 is 0 Å². The van der Waals surface area contributed by atoms with E-state index < -0.39 is 6.04 Å². The second kappa shape index (κ2) is 4.64. The predicted molar refractivity (Wildman–Crippen MR) is 66.2 cm³/mol. The summed E-state index contributed by atoms with van der Waals surface area (Å²) in [5.41, 5.74) is 5.34. The molecule has 0 aliphatic heterocycles. The standard InChI is InChI=1S/C12H23N3O2/c1-8(14-9(16)5-13)10(17)15-12(4)6-11(2,3)7-12/h8H,5-7,13H2,1-4H3,(H,14,16)(H,15,17). The third kappa shape index (κ3) is 3.70. The van der Waals surface area contributed by atoms with Crippen molar-refractivity contribution in [3.05, 3.63) is 0 Å². The Kier molecular flexibility index (Phi) is 3.81. The number of hydrogen-bond donors (Lipinski definition) is 3. The summed E-state index contributed by atoms with van der Waals surface area (Å²) in [6, 6.07) is -0.536. The van der Waals surface area contributed by atoms with E-state index in [2.05, 4.69) is 24.5 Å². The van der Waals surface area contributed by atoms with Crippen LogP contribution in [0.2, 0.25) is 0 Å². The molecule has 0 aromatic rings. The SMILES string of the molecule is CC(NC(=O)CN)C(=O)NC1(C)CC(C)(C)C1. The summed E-state index contributed by atoms with van der Waals surface area (Å²) >= 11 is 0. The lowest BCUT2D eigenvalue weighted by Gasteiger charge is -2.51. The fraction of sp³-hybridized carbons (Fsp3) is 0.833. The molecule has 0 radical (unpaired) electrons. The highest BCUT2D eigenvalue weighted by Gasteiger charge is 2.46. The van der Waals surface area contributed by atoms with Crippen molar-refractivity contribution in [1.82, 2.24) is 10.6 Å². The Morgan fingerprint density at radius 1 is 1.29 bits per heavy atom. The van der Waals surface area contributed by atoms with Gasteiger partial charge in [0.2, 0.25) is 11.8 Å². The van der Waals surface area contributed by atoms with Gasteiger partial charge in [-0.15, -0.1) is 0 Å². The van der Waals surface area contributed by atoms with Crippen LogP contribution in [-0.2, 0) is 9.59 Å². The molecule has 1 unspecified atom stereocenters. The van der Waals surface area contributed by atoms with Crippen LogP contribution in [0.4, 0.5) is 0 Å². The van der Waals surface area contributed by atoms with Gasteiger partial charge in [0, 0.05) is 5.54 Å². The van der Waals surface area contributed by atoms with Crippen LogP contribution in [0.15, 0.2) is 0 Å². The van der Waals surface area contributed by atoms with E-state index >= 15 is 0 Å². The Morgan fingerprint density at radius 3 is 2.24 bits per heavy atom. The van der Waals surface area contributed by atoms with Crippen molar-refractivity contribution in [1.29, 1.82) is 0 Å². The summed E-state index contributed by atoms with van der Waals surface area (Å²) in [5, 5.41) is 5.53. The van der Waals surface area contributed by atoms with E-state index in [0.717, 1.165) is 12.8 Å². The molecule has 1 aliphatic rings. The number of carbonyl (C=O) groups is 2. The molecule has 98 valence electrons. The number of carbonyl (C=O) groups excluding carboxylic acids is 2. The zero-order valence-electron chi connectivity index (χ0n) is 11.1. The third-order valence-corrected chi connectivity index (χ3v) is 3.12. The van der Waals surface area contributed by atoms with Crippen LogP contribution in [0, 0.1) is 5.41 Å². The maximum Gasteiger partial charge on any atom is 0.242 e. The number of nitrogens with one attached hydrogen (secondary N) is 2. The molecule has 0 bridgehead atoms. The van der Waals surface area contributed by atoms with E-state index in [9.17, 15) is 9.59 Å². The Hall–Kier alpha value is -1.10. The van der Waals surface area contributed by atoms with Crippen LogP contribution in [0.5, 0.6) is 0 Å². The molecule has 0 aromatic carbocycles. The van der Waals surface area contributed by atoms with E-state index in [0.29, 0.717) is 5.41 Å². The van der Waals surface area contributed by atoms with Gasteiger partial charge in [-0.25, -0.2) is 0 Å². The molecule has 0 saturated heterocycles. The predicted octanol–water partition coefficient (Wildman–Crippen LogP) is 0.145. The number of hydrogen-bond acceptors (Lipinski definition) is 3. The molecule has 1 fully saturated rings. The lowest BCUT2D eigenvalue weighted by molar-refractivity contribution is -0.131. The first-order valence-electron chi connectivity index (χ1n) is 5.99. The first-order chi connectivity index (χ1) is 7.67. The first-order valence-corrected chi connectivity index (χ1v) is 5.99. The Morgan fingerprint density at radius 2 is 1.82 bits per heavy atom. The van der Waals surface area contributed by atoms with Crippen molar-refractivity contribution in [2.45, 2.75) is 52.1 Å². The molecule has 1 rings (SSSR count). The fourth-order valence-corrected chi connectivity index (χ4v) is 2.92. The summed E-state index contributed by atoms with van der Waals surface area (Å²) in [4.78, 5) is 22.9. The van der Waals surface area contributed by atoms with Gasteiger partial charge in [0.1, 0.15) is 6.04 Å². The van der Waals surface area contributed by atoms with Gasteiger partial charge in [-0.2, -0.15) is 0 Å². The molecule has 5 heteroatoms. The number of amides is 2. The van der Waals surface area contributed by atoms with Gasteiger partial charge in [0.15, 0.2) is 0 Å². The van der Waals surface area contributed by atoms with Crippen LogP contribution in [-0.4, -0.2) is 29.9 Å². The van der Waals surface area contributed by atoms with Gasteiger partial charge < -0.3 is 16.4 Å². The van der Waals surface area contributed by atoms with Gasteiger partial charge in [-0.1, -0.05) is 13.8 Å². The molecule has 0 heterocycles. The van der Waals surface area contributed by atoms with E-state index in [1.54, 1.807) is 6.92 Å². The topological polar surface area (TPSA) is 84.2 Å². The maximum atomic E-state index is 11.8. The van der Waals surface area contributed by atoms with Crippen molar-refractivity contribution in [3.63, 3.8) is 0 Å². The molecular formula is C12H23N3O2. The Balaban J connectivity index is 2.42. The summed E-state index contributed by atoms with van der Waals surface area (Å²) in [6.07, 6.45) is 1.92. The van der Waals surface area contributed by atoms with Crippen molar-refractivity contribution in [3.8, 4) is 0 Å². The van der Waals surface area contributed by atoms with Crippen LogP contribution in [0.3, 0.4) is 0 Å². The monoisotopic (exact) mass is 241 g/mol. The average molecular weight is 241 g/mol.